The third kappa shape index (κ3) is 5.14. The molecule has 2 aromatic heterocycles. The van der Waals surface area contributed by atoms with Crippen LogP contribution >= 0.6 is 22.7 Å². The first kappa shape index (κ1) is 31.1. The molecule has 0 radical (unpaired) electrons. The maximum absolute atomic E-state index is 2.42. The van der Waals surface area contributed by atoms with Gasteiger partial charge in [-0.15, -0.1) is 22.7 Å². The van der Waals surface area contributed by atoms with Crippen LogP contribution in [0.2, 0.25) is 0 Å². The zero-order chi connectivity index (χ0) is 35.6. The van der Waals surface area contributed by atoms with E-state index in [1.807, 2.05) is 22.7 Å². The Labute approximate surface area is 321 Å². The first-order chi connectivity index (χ1) is 26.7. The molecular formula is C50H32N2S2. The summed E-state index contributed by atoms with van der Waals surface area (Å²) in [6, 6.07) is 71.0. The van der Waals surface area contributed by atoms with Gasteiger partial charge < -0.3 is 9.80 Å². The van der Waals surface area contributed by atoms with Crippen molar-refractivity contribution >= 4 is 119 Å². The van der Waals surface area contributed by atoms with E-state index in [1.165, 1.54) is 61.9 Å². The highest BCUT2D eigenvalue weighted by molar-refractivity contribution is 7.26. The van der Waals surface area contributed by atoms with Crippen LogP contribution in [0.4, 0.5) is 34.1 Å². The molecule has 254 valence electrons. The zero-order valence-electron chi connectivity index (χ0n) is 29.2. The normalized spacial score (nSPS) is 11.7. The van der Waals surface area contributed by atoms with Crippen LogP contribution in [0.3, 0.4) is 0 Å². The number of anilines is 6. The number of thiophene rings is 2. The average Bonchev–Trinajstić information content (AvgIpc) is 3.79. The monoisotopic (exact) mass is 724 g/mol. The molecule has 0 aliphatic carbocycles. The molecule has 0 saturated heterocycles. The highest BCUT2D eigenvalue weighted by Gasteiger charge is 2.19. The van der Waals surface area contributed by atoms with Crippen LogP contribution in [0.15, 0.2) is 194 Å². The molecule has 0 spiro atoms. The van der Waals surface area contributed by atoms with E-state index >= 15 is 0 Å². The van der Waals surface area contributed by atoms with Gasteiger partial charge in [-0.3, -0.25) is 0 Å². The molecule has 0 bridgehead atoms. The predicted octanol–water partition coefficient (Wildman–Crippen LogP) is 15.7. The third-order valence-corrected chi connectivity index (χ3v) is 12.9. The molecule has 0 N–H and O–H groups in total. The number of nitrogens with zero attached hydrogens (tertiary/aromatic N) is 2. The Morgan fingerprint density at radius 2 is 0.722 bits per heavy atom. The zero-order valence-corrected chi connectivity index (χ0v) is 30.8. The first-order valence-corrected chi connectivity index (χ1v) is 19.9. The molecule has 11 aromatic rings. The van der Waals surface area contributed by atoms with E-state index in [4.69, 9.17) is 0 Å². The number of benzene rings is 9. The quantitative estimate of drug-likeness (QED) is 0.158. The van der Waals surface area contributed by atoms with Crippen LogP contribution in [-0.4, -0.2) is 0 Å². The minimum Gasteiger partial charge on any atom is -0.310 e. The molecule has 0 unspecified atom stereocenters. The SMILES string of the molecule is c1ccc(N(c2ccccc2)c2cccc(N(c3ccc4c(ccc5cc6c(cc54)sc4ccccc46)c3)c3ccc4sc5ccccc5c4c3)c2)cc1. The van der Waals surface area contributed by atoms with Gasteiger partial charge in [-0.25, -0.2) is 0 Å². The highest BCUT2D eigenvalue weighted by Crippen LogP contribution is 2.45. The van der Waals surface area contributed by atoms with Crippen molar-refractivity contribution in [3.8, 4) is 0 Å². The van der Waals surface area contributed by atoms with Crippen molar-refractivity contribution in [2.75, 3.05) is 9.80 Å². The van der Waals surface area contributed by atoms with E-state index < -0.39 is 0 Å². The van der Waals surface area contributed by atoms with E-state index in [0.29, 0.717) is 0 Å². The summed E-state index contributed by atoms with van der Waals surface area (Å²) in [5.41, 5.74) is 6.66. The smallest absolute Gasteiger partial charge is 0.0482 e. The second kappa shape index (κ2) is 12.6. The Bertz CT molecular complexity index is 3140. The summed E-state index contributed by atoms with van der Waals surface area (Å²) in [7, 11) is 0. The fourth-order valence-corrected chi connectivity index (χ4v) is 10.3. The minimum absolute atomic E-state index is 1.09. The van der Waals surface area contributed by atoms with E-state index in [1.54, 1.807) is 0 Å². The second-order valence-electron chi connectivity index (χ2n) is 13.8. The number of para-hydroxylation sites is 2. The summed E-state index contributed by atoms with van der Waals surface area (Å²) in [4.78, 5) is 4.75. The lowest BCUT2D eigenvalue weighted by molar-refractivity contribution is 1.25. The van der Waals surface area contributed by atoms with Gasteiger partial charge in [0.1, 0.15) is 0 Å². The Hall–Kier alpha value is -6.46. The first-order valence-electron chi connectivity index (χ1n) is 18.2. The Kier molecular flexibility index (Phi) is 7.25. The van der Waals surface area contributed by atoms with Crippen molar-refractivity contribution < 1.29 is 0 Å². The summed E-state index contributed by atoms with van der Waals surface area (Å²) < 4.78 is 5.27. The van der Waals surface area contributed by atoms with E-state index in [9.17, 15) is 0 Å². The summed E-state index contributed by atoms with van der Waals surface area (Å²) in [5.74, 6) is 0. The Morgan fingerprint density at radius 3 is 1.41 bits per heavy atom. The lowest BCUT2D eigenvalue weighted by atomic mass is 9.99. The van der Waals surface area contributed by atoms with E-state index in [0.717, 1.165) is 34.1 Å². The number of rotatable bonds is 6. The number of fused-ring (bicyclic) bond motifs is 9. The van der Waals surface area contributed by atoms with Gasteiger partial charge in [0.2, 0.25) is 0 Å². The van der Waals surface area contributed by atoms with Crippen molar-refractivity contribution in [1.29, 1.82) is 0 Å². The minimum atomic E-state index is 1.09. The van der Waals surface area contributed by atoms with Gasteiger partial charge in [-0.1, -0.05) is 97.1 Å². The topological polar surface area (TPSA) is 6.48 Å². The van der Waals surface area contributed by atoms with Crippen LogP contribution in [0.5, 0.6) is 0 Å². The molecule has 0 amide bonds. The average molecular weight is 725 g/mol. The van der Waals surface area contributed by atoms with Crippen molar-refractivity contribution in [2.24, 2.45) is 0 Å². The maximum Gasteiger partial charge on any atom is 0.0482 e. The van der Waals surface area contributed by atoms with Crippen LogP contribution < -0.4 is 9.80 Å². The van der Waals surface area contributed by atoms with Crippen molar-refractivity contribution in [3.05, 3.63) is 194 Å². The molecule has 0 aliphatic heterocycles. The van der Waals surface area contributed by atoms with Crippen molar-refractivity contribution in [2.45, 2.75) is 0 Å². The van der Waals surface area contributed by atoms with Gasteiger partial charge in [-0.2, -0.15) is 0 Å². The summed E-state index contributed by atoms with van der Waals surface area (Å²) in [5, 5.41) is 10.3. The van der Waals surface area contributed by atoms with Gasteiger partial charge in [0, 0.05) is 74.5 Å². The lowest BCUT2D eigenvalue weighted by Crippen LogP contribution is -2.13. The molecule has 54 heavy (non-hydrogen) atoms. The molecule has 11 rings (SSSR count). The van der Waals surface area contributed by atoms with E-state index in [-0.39, 0.29) is 0 Å². The van der Waals surface area contributed by atoms with E-state index in [2.05, 4.69) is 204 Å². The molecule has 0 atom stereocenters. The van der Waals surface area contributed by atoms with Gasteiger partial charge >= 0.3 is 0 Å². The van der Waals surface area contributed by atoms with Crippen LogP contribution in [0, 0.1) is 0 Å². The fraction of sp³-hybridized carbons (Fsp3) is 0. The maximum atomic E-state index is 2.42. The standard InChI is InChI=1S/C50H32N2S2/c1-3-12-35(13-4-1)51(36-14-5-2-6-15-36)37-16-11-17-38(30-37)52(40-25-27-49-46(31-40)43-19-8-9-20-47(43)53-49)39-24-26-41-33(28-39)22-23-34-29-45-42-18-7-10-21-48(42)54-50(45)32-44(34)41/h1-32H. The number of hydrogen-bond donors (Lipinski definition) is 0. The lowest BCUT2D eigenvalue weighted by Gasteiger charge is -2.29. The molecule has 4 heteroatoms. The van der Waals surface area contributed by atoms with Crippen LogP contribution in [0.1, 0.15) is 0 Å². The summed E-state index contributed by atoms with van der Waals surface area (Å²) in [6.45, 7) is 0. The molecule has 0 fully saturated rings. The summed E-state index contributed by atoms with van der Waals surface area (Å²) in [6.07, 6.45) is 0. The largest absolute Gasteiger partial charge is 0.310 e. The third-order valence-electron chi connectivity index (χ3n) is 10.6. The molecule has 0 saturated carbocycles. The van der Waals surface area contributed by atoms with Crippen LogP contribution in [0.25, 0.3) is 61.9 Å². The van der Waals surface area contributed by atoms with Gasteiger partial charge in [0.15, 0.2) is 0 Å². The predicted molar refractivity (Wildman–Crippen MR) is 237 cm³/mol. The fourth-order valence-electron chi connectivity index (χ4n) is 8.08. The van der Waals surface area contributed by atoms with Crippen molar-refractivity contribution in [1.82, 2.24) is 0 Å². The summed E-state index contributed by atoms with van der Waals surface area (Å²) >= 11 is 3.73. The van der Waals surface area contributed by atoms with Crippen LogP contribution in [-0.2, 0) is 0 Å². The van der Waals surface area contributed by atoms with Crippen molar-refractivity contribution in [3.63, 3.8) is 0 Å². The molecule has 2 nitrogen and oxygen atoms in total. The Morgan fingerprint density at radius 1 is 0.241 bits per heavy atom. The molecule has 9 aromatic carbocycles. The molecule has 2 heterocycles. The van der Waals surface area contributed by atoms with Gasteiger partial charge in [-0.05, 0) is 119 Å². The Balaban J connectivity index is 1.11. The molecular weight excluding hydrogens is 693 g/mol. The second-order valence-corrected chi connectivity index (χ2v) is 15.9. The van der Waals surface area contributed by atoms with Gasteiger partial charge in [0.05, 0.1) is 0 Å². The highest BCUT2D eigenvalue weighted by atomic mass is 32.1. The number of hydrogen-bond acceptors (Lipinski definition) is 4. The van der Waals surface area contributed by atoms with Gasteiger partial charge in [0.25, 0.3) is 0 Å². The molecule has 0 aliphatic rings.